The number of aliphatic imine (C=N–C) groups is 1. The third-order valence-corrected chi connectivity index (χ3v) is 14.5. The number of hydrogen-bond donors (Lipinski definition) is 17. The summed E-state index contributed by atoms with van der Waals surface area (Å²) < 4.78 is 0. The van der Waals surface area contributed by atoms with E-state index in [9.17, 15) is 72.9 Å². The highest BCUT2D eigenvalue weighted by Gasteiger charge is 2.39. The average molecular weight is 1200 g/mol. The number of guanidine groups is 1. The van der Waals surface area contributed by atoms with Crippen molar-refractivity contribution in [2.45, 2.75) is 125 Å². The molecule has 10 amide bonds. The second-order valence-electron chi connectivity index (χ2n) is 20.8. The van der Waals surface area contributed by atoms with Gasteiger partial charge in [0, 0.05) is 73.0 Å². The molecule has 464 valence electrons. The van der Waals surface area contributed by atoms with Crippen molar-refractivity contribution in [1.29, 1.82) is 0 Å². The molecule has 2 aromatic carbocycles. The predicted molar refractivity (Wildman–Crippen MR) is 307 cm³/mol. The summed E-state index contributed by atoms with van der Waals surface area (Å²) in [6, 6.07) is 2.90. The van der Waals surface area contributed by atoms with E-state index >= 15 is 0 Å². The summed E-state index contributed by atoms with van der Waals surface area (Å²) in [4.78, 5) is 171. The molecule has 0 spiro atoms. The van der Waals surface area contributed by atoms with Crippen LogP contribution >= 0.6 is 0 Å². The number of rotatable bonds is 33. The van der Waals surface area contributed by atoms with Crippen LogP contribution in [0.2, 0.25) is 0 Å². The van der Waals surface area contributed by atoms with Gasteiger partial charge in [-0.25, -0.2) is 4.79 Å². The Bertz CT molecular complexity index is 3150. The Labute approximate surface area is 491 Å². The number of benzene rings is 2. The number of amides is 10. The first kappa shape index (κ1) is 65.5. The average Bonchev–Trinajstić information content (AvgIpc) is 2.65. The fourth-order valence-electron chi connectivity index (χ4n) is 10.1. The van der Waals surface area contributed by atoms with Crippen LogP contribution in [0.25, 0.3) is 21.8 Å². The Balaban J connectivity index is 1.18. The Morgan fingerprint density at radius 2 is 1.13 bits per heavy atom. The molecule has 0 aliphatic carbocycles. The van der Waals surface area contributed by atoms with Crippen LogP contribution in [0.15, 0.2) is 65.9 Å². The van der Waals surface area contributed by atoms with Crippen LogP contribution in [0.4, 0.5) is 0 Å². The maximum absolute atomic E-state index is 14.3. The van der Waals surface area contributed by atoms with Gasteiger partial charge in [0.2, 0.25) is 59.1 Å². The van der Waals surface area contributed by atoms with Crippen LogP contribution in [-0.2, 0) is 70.4 Å². The topological polar surface area (TPSA) is 499 Å². The SMILES string of the molecule is NC(=O)CC[C@H](NC(=O)[C@H](CO)NC(=O)[C@H](Cc1c[nH]c2ccccc12)NC(=O)[C@H](CCC(=O)O)NC(=O)CNC(=O)[C@H](Cc1c[nH]c2ccccc12)NC(=O)[C@H](CCCN=C(N)N)NC(=O)CNC(=O)[C@@H]1CCCN1)C(=O)N1CCC[C@H]1C(=O)O. The van der Waals surface area contributed by atoms with Crippen LogP contribution in [0.5, 0.6) is 0 Å². The quantitative estimate of drug-likeness (QED) is 0.0122. The highest BCUT2D eigenvalue weighted by molar-refractivity contribution is 5.99. The van der Waals surface area contributed by atoms with Gasteiger partial charge in [-0.15, -0.1) is 0 Å². The summed E-state index contributed by atoms with van der Waals surface area (Å²) in [7, 11) is 0. The van der Waals surface area contributed by atoms with Crippen molar-refractivity contribution in [1.82, 2.24) is 62.7 Å². The number of aliphatic hydroxyl groups is 1. The number of nitrogens with zero attached hydrogens (tertiary/aromatic N) is 2. The lowest BCUT2D eigenvalue weighted by atomic mass is 10.0. The molecule has 0 unspecified atom stereocenters. The lowest BCUT2D eigenvalue weighted by molar-refractivity contribution is -0.149. The molecule has 2 aliphatic heterocycles. The largest absolute Gasteiger partial charge is 0.481 e. The Hall–Kier alpha value is -9.65. The third kappa shape index (κ3) is 19.2. The number of carbonyl (C=O) groups excluding carboxylic acids is 10. The molecule has 2 fully saturated rings. The second-order valence-corrected chi connectivity index (χ2v) is 20.8. The van der Waals surface area contributed by atoms with Gasteiger partial charge in [0.25, 0.3) is 0 Å². The predicted octanol–water partition coefficient (Wildman–Crippen LogP) is -4.42. The maximum Gasteiger partial charge on any atom is 0.326 e. The van der Waals surface area contributed by atoms with Gasteiger partial charge in [-0.1, -0.05) is 36.4 Å². The van der Waals surface area contributed by atoms with Gasteiger partial charge in [0.05, 0.1) is 25.7 Å². The number of carboxylic acids is 2. The summed E-state index contributed by atoms with van der Waals surface area (Å²) >= 11 is 0. The number of nitrogens with two attached hydrogens (primary N) is 3. The van der Waals surface area contributed by atoms with E-state index < -0.39 is 158 Å². The second kappa shape index (κ2) is 31.9. The van der Waals surface area contributed by atoms with E-state index in [2.05, 4.69) is 62.8 Å². The molecule has 86 heavy (non-hydrogen) atoms. The molecular formula is C55H74N16O15. The molecule has 2 aliphatic rings. The van der Waals surface area contributed by atoms with E-state index in [0.717, 1.165) is 11.3 Å². The van der Waals surface area contributed by atoms with Crippen LogP contribution in [0.1, 0.15) is 75.3 Å². The fourth-order valence-corrected chi connectivity index (χ4v) is 10.1. The number of H-pyrrole nitrogens is 2. The van der Waals surface area contributed by atoms with Crippen molar-refractivity contribution in [2.24, 2.45) is 22.2 Å². The van der Waals surface area contributed by atoms with Crippen molar-refractivity contribution in [2.75, 3.05) is 39.3 Å². The smallest absolute Gasteiger partial charge is 0.326 e. The molecule has 0 radical (unpaired) electrons. The number of para-hydroxylation sites is 2. The zero-order valence-corrected chi connectivity index (χ0v) is 47.0. The number of aromatic nitrogens is 2. The molecule has 2 aromatic heterocycles. The van der Waals surface area contributed by atoms with Crippen molar-refractivity contribution in [3.8, 4) is 0 Å². The summed E-state index contributed by atoms with van der Waals surface area (Å²) in [5, 5.41) is 54.1. The molecular weight excluding hydrogens is 1120 g/mol. The molecule has 31 heteroatoms. The van der Waals surface area contributed by atoms with E-state index in [1.54, 1.807) is 60.9 Å². The highest BCUT2D eigenvalue weighted by atomic mass is 16.4. The Morgan fingerprint density at radius 1 is 0.605 bits per heavy atom. The summed E-state index contributed by atoms with van der Waals surface area (Å²) in [5.74, 6) is -11.8. The normalized spacial score (nSPS) is 16.7. The van der Waals surface area contributed by atoms with Crippen LogP contribution in [0.3, 0.4) is 0 Å². The van der Waals surface area contributed by atoms with Crippen LogP contribution in [0, 0.1) is 0 Å². The number of aliphatic carboxylic acids is 2. The van der Waals surface area contributed by atoms with E-state index in [-0.39, 0.29) is 57.6 Å². The molecule has 4 aromatic rings. The molecule has 31 nitrogen and oxygen atoms in total. The number of fused-ring (bicyclic) bond motifs is 2. The first-order valence-corrected chi connectivity index (χ1v) is 28.0. The number of hydrogen-bond acceptors (Lipinski definition) is 15. The van der Waals surface area contributed by atoms with Gasteiger partial charge in [-0.05, 0) is 81.2 Å². The number of carboxylic acid groups (broad SMARTS) is 2. The maximum atomic E-state index is 14.3. The van der Waals surface area contributed by atoms with Crippen molar-refractivity contribution >= 4 is 98.8 Å². The summed E-state index contributed by atoms with van der Waals surface area (Å²) in [6.07, 6.45) is 2.66. The van der Waals surface area contributed by atoms with Crippen LogP contribution in [-0.4, -0.2) is 195 Å². The van der Waals surface area contributed by atoms with Gasteiger partial charge < -0.3 is 95.2 Å². The van der Waals surface area contributed by atoms with Crippen LogP contribution < -0.4 is 65.1 Å². The minimum absolute atomic E-state index is 0.0296. The number of likely N-dealkylation sites (tertiary alicyclic amines) is 1. The molecule has 6 rings (SSSR count). The van der Waals surface area contributed by atoms with Gasteiger partial charge in [-0.2, -0.15) is 0 Å². The van der Waals surface area contributed by atoms with Gasteiger partial charge in [0.15, 0.2) is 5.96 Å². The van der Waals surface area contributed by atoms with Crippen molar-refractivity contribution < 1.29 is 72.9 Å². The number of carbonyl (C=O) groups is 12. The lowest BCUT2D eigenvalue weighted by Crippen LogP contribution is -2.60. The van der Waals surface area contributed by atoms with E-state index in [0.29, 0.717) is 52.3 Å². The highest BCUT2D eigenvalue weighted by Crippen LogP contribution is 2.23. The minimum Gasteiger partial charge on any atom is -0.481 e. The first-order chi connectivity index (χ1) is 41.1. The standard InChI is InChI=1S/C55H74N16O15/c56-43(73)17-15-38(53(84)71-21-7-14-42(71)54(85)86)67-52(83)41(28-72)70-51(82)40(23-30-25-62-34-11-4-2-9-32(30)34)69-50(81)37(16-18-46(76)77)66-45(75)27-64-48(79)39(22-29-24-61-33-10-3-1-8-31(29)33)68-49(80)36(13-6-20-60-55(57)58)65-44(74)26-63-47(78)35-12-5-19-59-35/h1-4,8-11,24-25,35-42,59,61-62,72H,5-7,12-23,26-28H2,(H2,56,73)(H,63,78)(H,64,79)(H,65,74)(H,66,75)(H,67,83)(H,68,80)(H,69,81)(H,70,82)(H,76,77)(H,85,86)(H4,57,58,60)/t35-,36-,37-,38-,39-,40-,41-,42-/m0/s1. The minimum atomic E-state index is -1.82. The van der Waals surface area contributed by atoms with Gasteiger partial charge >= 0.3 is 11.9 Å². The molecule has 0 saturated carbocycles. The number of nitrogens with one attached hydrogen (secondary N) is 11. The van der Waals surface area contributed by atoms with E-state index in [1.165, 1.54) is 0 Å². The molecule has 2 saturated heterocycles. The van der Waals surface area contributed by atoms with E-state index in [4.69, 9.17) is 17.2 Å². The fraction of sp³-hybridized carbons (Fsp3) is 0.473. The van der Waals surface area contributed by atoms with Gasteiger partial charge in [-0.3, -0.25) is 57.7 Å². The number of primary amides is 1. The first-order valence-electron chi connectivity index (χ1n) is 28.0. The molecule has 8 atom stereocenters. The summed E-state index contributed by atoms with van der Waals surface area (Å²) in [6.45, 7) is -1.66. The monoisotopic (exact) mass is 1200 g/mol. The number of aromatic amines is 2. The van der Waals surface area contributed by atoms with Crippen molar-refractivity contribution in [3.05, 3.63) is 72.1 Å². The van der Waals surface area contributed by atoms with Gasteiger partial charge in [0.1, 0.15) is 42.3 Å². The lowest BCUT2D eigenvalue weighted by Gasteiger charge is -2.29. The Morgan fingerprint density at radius 3 is 1.67 bits per heavy atom. The number of aliphatic hydroxyl groups excluding tert-OH is 1. The van der Waals surface area contributed by atoms with Crippen molar-refractivity contribution in [3.63, 3.8) is 0 Å². The Kier molecular flexibility index (Phi) is 24.3. The molecule has 4 heterocycles. The van der Waals surface area contributed by atoms with E-state index in [1.807, 2.05) is 0 Å². The zero-order valence-electron chi connectivity index (χ0n) is 47.0. The summed E-state index contributed by atoms with van der Waals surface area (Å²) in [5.41, 5.74) is 18.7. The molecule has 20 N–H and O–H groups in total. The third-order valence-electron chi connectivity index (χ3n) is 14.5. The zero-order chi connectivity index (χ0) is 62.5. The molecule has 0 bridgehead atoms.